The number of carbonyl (C=O) groups excluding carboxylic acids is 2. The van der Waals surface area contributed by atoms with E-state index in [4.69, 9.17) is 15.0 Å². The Morgan fingerprint density at radius 3 is 2.73 bits per heavy atom. The summed E-state index contributed by atoms with van der Waals surface area (Å²) in [6.07, 6.45) is 2.14. The van der Waals surface area contributed by atoms with Gasteiger partial charge in [-0.15, -0.1) is 11.3 Å². The fourth-order valence-corrected chi connectivity index (χ4v) is 7.63. The summed E-state index contributed by atoms with van der Waals surface area (Å²) in [5.74, 6) is -0.0767. The summed E-state index contributed by atoms with van der Waals surface area (Å²) in [7, 11) is 3.31. The lowest BCUT2D eigenvalue weighted by molar-refractivity contribution is -0.143. The molecule has 4 rings (SSSR count). The molecule has 0 unspecified atom stereocenters. The predicted octanol–water partition coefficient (Wildman–Crippen LogP) is 4.47. The van der Waals surface area contributed by atoms with Crippen LogP contribution in [0, 0.1) is 34.5 Å². The van der Waals surface area contributed by atoms with Crippen LogP contribution in [0.25, 0.3) is 0 Å². The molecule has 0 bridgehead atoms. The first-order chi connectivity index (χ1) is 17.6. The molecule has 198 valence electrons. The van der Waals surface area contributed by atoms with Crippen LogP contribution in [0.15, 0.2) is 24.3 Å². The molecule has 2 N–H and O–H groups in total. The van der Waals surface area contributed by atoms with Crippen LogP contribution in [-0.4, -0.2) is 53.6 Å². The van der Waals surface area contributed by atoms with Gasteiger partial charge in [-0.1, -0.05) is 20.8 Å². The van der Waals surface area contributed by atoms with Crippen molar-refractivity contribution in [2.24, 2.45) is 23.2 Å². The van der Waals surface area contributed by atoms with Gasteiger partial charge in [0.15, 0.2) is 5.13 Å². The Balaban J connectivity index is 1.51. The second kappa shape index (κ2) is 10.8. The number of ether oxygens (including phenoxy) is 1. The van der Waals surface area contributed by atoms with Gasteiger partial charge in [0, 0.05) is 35.9 Å². The fourth-order valence-electron chi connectivity index (χ4n) is 6.37. The quantitative estimate of drug-likeness (QED) is 0.552. The Labute approximate surface area is 222 Å². The molecule has 1 aromatic carbocycles. The van der Waals surface area contributed by atoms with Gasteiger partial charge in [0.2, 0.25) is 5.91 Å². The number of aromatic nitrogens is 1. The second-order valence-corrected chi connectivity index (χ2v) is 11.9. The second-order valence-electron chi connectivity index (χ2n) is 10.8. The van der Waals surface area contributed by atoms with E-state index in [1.54, 1.807) is 43.3 Å². The van der Waals surface area contributed by atoms with E-state index in [1.165, 1.54) is 11.3 Å². The van der Waals surface area contributed by atoms with E-state index >= 15 is 0 Å². The van der Waals surface area contributed by atoms with Gasteiger partial charge in [-0.3, -0.25) is 14.9 Å². The molecule has 37 heavy (non-hydrogen) atoms. The van der Waals surface area contributed by atoms with Gasteiger partial charge in [-0.2, -0.15) is 5.26 Å². The summed E-state index contributed by atoms with van der Waals surface area (Å²) >= 11 is 1.51. The van der Waals surface area contributed by atoms with Crippen LogP contribution in [0.3, 0.4) is 0 Å². The Morgan fingerprint density at radius 1 is 1.38 bits per heavy atom. The van der Waals surface area contributed by atoms with Crippen LogP contribution in [0.2, 0.25) is 0 Å². The lowest BCUT2D eigenvalue weighted by atomic mass is 9.53. The van der Waals surface area contributed by atoms with Crippen molar-refractivity contribution in [3.8, 4) is 11.8 Å². The molecule has 0 radical (unpaired) electrons. The maximum absolute atomic E-state index is 13.0. The topological polar surface area (TPSA) is 116 Å². The molecule has 1 aromatic heterocycles. The fraction of sp³-hybridized carbons (Fsp3) is 0.571. The number of fused-ring (bicyclic) bond motifs is 2. The molecule has 0 saturated heterocycles. The van der Waals surface area contributed by atoms with Gasteiger partial charge in [0.25, 0.3) is 5.91 Å². The molecule has 2 aliphatic rings. The summed E-state index contributed by atoms with van der Waals surface area (Å²) in [6, 6.07) is 9.02. The number of benzene rings is 1. The summed E-state index contributed by atoms with van der Waals surface area (Å²) < 4.78 is 5.17. The van der Waals surface area contributed by atoms with E-state index in [0.29, 0.717) is 29.4 Å². The van der Waals surface area contributed by atoms with Crippen molar-refractivity contribution >= 4 is 28.3 Å². The largest absolute Gasteiger partial charge is 0.497 e. The first-order valence-corrected chi connectivity index (χ1v) is 13.7. The summed E-state index contributed by atoms with van der Waals surface area (Å²) in [5.41, 5.74) is 1.35. The number of amides is 2. The van der Waals surface area contributed by atoms with Crippen LogP contribution in [0.1, 0.15) is 66.9 Å². The molecular weight excluding hydrogens is 488 g/mol. The Kier molecular flexibility index (Phi) is 7.91. The van der Waals surface area contributed by atoms with Gasteiger partial charge >= 0.3 is 0 Å². The number of aliphatic hydroxyl groups is 1. The van der Waals surface area contributed by atoms with Crippen molar-refractivity contribution in [2.75, 3.05) is 26.0 Å². The lowest BCUT2D eigenvalue weighted by Gasteiger charge is -2.53. The number of hydrogen-bond donors (Lipinski definition) is 2. The van der Waals surface area contributed by atoms with E-state index in [2.05, 4.69) is 25.2 Å². The highest BCUT2D eigenvalue weighted by molar-refractivity contribution is 7.15. The summed E-state index contributed by atoms with van der Waals surface area (Å²) in [4.78, 5) is 33.4. The van der Waals surface area contributed by atoms with E-state index in [9.17, 15) is 14.7 Å². The van der Waals surface area contributed by atoms with Crippen LogP contribution in [0.5, 0.6) is 5.75 Å². The van der Waals surface area contributed by atoms with Gasteiger partial charge < -0.3 is 14.7 Å². The van der Waals surface area contributed by atoms with Gasteiger partial charge in [0.05, 0.1) is 31.4 Å². The minimum atomic E-state index is -0.635. The first kappa shape index (κ1) is 27.1. The number of carbonyl (C=O) groups is 2. The average Bonchev–Trinajstić information content (AvgIpc) is 3.28. The molecule has 2 aliphatic carbocycles. The van der Waals surface area contributed by atoms with Crippen molar-refractivity contribution in [2.45, 2.75) is 58.5 Å². The maximum Gasteiger partial charge on any atom is 0.257 e. The molecule has 1 fully saturated rings. The predicted molar refractivity (Wildman–Crippen MR) is 143 cm³/mol. The monoisotopic (exact) mass is 524 g/mol. The number of aliphatic hydroxyl groups excluding tert-OH is 1. The zero-order chi connectivity index (χ0) is 26.9. The molecule has 8 nitrogen and oxygen atoms in total. The van der Waals surface area contributed by atoms with Gasteiger partial charge in [0.1, 0.15) is 5.75 Å². The van der Waals surface area contributed by atoms with E-state index in [0.717, 1.165) is 29.8 Å². The number of anilines is 1. The molecule has 2 aromatic rings. The third-order valence-corrected chi connectivity index (χ3v) is 9.45. The van der Waals surface area contributed by atoms with Crippen LogP contribution in [-0.2, 0) is 11.2 Å². The number of nitriles is 1. The highest BCUT2D eigenvalue weighted by Gasteiger charge is 2.54. The molecule has 6 atom stereocenters. The number of rotatable bonds is 7. The van der Waals surface area contributed by atoms with Crippen molar-refractivity contribution in [1.29, 1.82) is 5.26 Å². The molecule has 0 spiro atoms. The molecule has 1 saturated carbocycles. The van der Waals surface area contributed by atoms with E-state index in [-0.39, 0.29) is 40.9 Å². The zero-order valence-corrected chi connectivity index (χ0v) is 23.0. The molecule has 0 aliphatic heterocycles. The Hall–Kier alpha value is -2.96. The molecule has 1 heterocycles. The maximum atomic E-state index is 13.0. The summed E-state index contributed by atoms with van der Waals surface area (Å²) in [5, 5.41) is 24.0. The van der Waals surface area contributed by atoms with Crippen molar-refractivity contribution in [1.82, 2.24) is 9.88 Å². The minimum absolute atomic E-state index is 0.00643. The van der Waals surface area contributed by atoms with Gasteiger partial charge in [-0.05, 0) is 60.8 Å². The first-order valence-electron chi connectivity index (χ1n) is 12.8. The lowest BCUT2D eigenvalue weighted by Crippen LogP contribution is -2.53. The third kappa shape index (κ3) is 5.23. The number of nitrogens with one attached hydrogen (secondary N) is 1. The van der Waals surface area contributed by atoms with E-state index in [1.807, 2.05) is 6.92 Å². The smallest absolute Gasteiger partial charge is 0.257 e. The average molecular weight is 525 g/mol. The SMILES string of the molecule is COc1ccc(C(=O)Nc2nc3c(s2)C[C@]2(C)CC[C@H]([C@H](C)C(=O)N(C)CCC#N)[C@H](O)[C@H]2[C@@H]3C)cc1. The third-order valence-electron chi connectivity index (χ3n) is 8.46. The summed E-state index contributed by atoms with van der Waals surface area (Å²) in [6.45, 7) is 6.63. The van der Waals surface area contributed by atoms with Crippen molar-refractivity contribution in [3.63, 3.8) is 0 Å². The zero-order valence-electron chi connectivity index (χ0n) is 22.2. The molecule has 9 heteroatoms. The van der Waals surface area contributed by atoms with Crippen molar-refractivity contribution < 1.29 is 19.4 Å². The van der Waals surface area contributed by atoms with Gasteiger partial charge in [-0.25, -0.2) is 4.98 Å². The number of hydrogen-bond acceptors (Lipinski definition) is 7. The minimum Gasteiger partial charge on any atom is -0.497 e. The normalized spacial score (nSPS) is 27.3. The highest BCUT2D eigenvalue weighted by Crippen LogP contribution is 2.57. The van der Waals surface area contributed by atoms with Crippen molar-refractivity contribution in [3.05, 3.63) is 40.4 Å². The molecule has 2 amide bonds. The Morgan fingerprint density at radius 2 is 2.08 bits per heavy atom. The number of thiazole rings is 1. The highest BCUT2D eigenvalue weighted by atomic mass is 32.1. The standard InChI is InChI=1S/C28H36N4O4S/c1-16(26(35)32(4)14-6-13-29)20-11-12-28(3)15-21-23(17(2)22(28)24(20)33)30-27(37-21)31-25(34)18-7-9-19(36-5)10-8-18/h7-10,16-17,20,22,24,33H,6,11-12,14-15H2,1-5H3,(H,30,31,34)/t16-,17-,20+,22+,24-,28-/m0/s1. The van der Waals surface area contributed by atoms with Crippen LogP contribution in [0.4, 0.5) is 5.13 Å². The van der Waals surface area contributed by atoms with Crippen LogP contribution < -0.4 is 10.1 Å². The number of methoxy groups -OCH3 is 1. The Bertz CT molecular complexity index is 1190. The number of nitrogens with zero attached hydrogens (tertiary/aromatic N) is 3. The van der Waals surface area contributed by atoms with E-state index < -0.39 is 6.10 Å². The molecular formula is C28H36N4O4S. The van der Waals surface area contributed by atoms with Crippen LogP contribution >= 0.6 is 11.3 Å².